The fourth-order valence-corrected chi connectivity index (χ4v) is 2.69. The van der Waals surface area contributed by atoms with Crippen LogP contribution in [-0.2, 0) is 4.79 Å². The van der Waals surface area contributed by atoms with Gasteiger partial charge in [-0.3, -0.25) is 9.59 Å². The Labute approximate surface area is 130 Å². The van der Waals surface area contributed by atoms with Crippen molar-refractivity contribution in [2.75, 3.05) is 13.1 Å². The third-order valence-electron chi connectivity index (χ3n) is 3.76. The zero-order valence-electron chi connectivity index (χ0n) is 12.4. The van der Waals surface area contributed by atoms with Crippen LogP contribution < -0.4 is 5.32 Å². The first kappa shape index (κ1) is 15.8. The van der Waals surface area contributed by atoms with Crippen LogP contribution in [0.15, 0.2) is 24.3 Å². The first-order valence-electron chi connectivity index (χ1n) is 7.28. The number of hydrogen-bond donors (Lipinski definition) is 1. The van der Waals surface area contributed by atoms with E-state index in [-0.39, 0.29) is 17.9 Å². The van der Waals surface area contributed by atoms with Gasteiger partial charge in [-0.05, 0) is 38.8 Å². The number of alkyl halides is 1. The Hall–Kier alpha value is -1.55. The highest BCUT2D eigenvalue weighted by Gasteiger charge is 2.25. The van der Waals surface area contributed by atoms with Gasteiger partial charge in [0, 0.05) is 24.7 Å². The molecule has 114 valence electrons. The van der Waals surface area contributed by atoms with Crippen molar-refractivity contribution in [2.24, 2.45) is 0 Å². The van der Waals surface area contributed by atoms with Crippen molar-refractivity contribution in [1.82, 2.24) is 10.2 Å². The van der Waals surface area contributed by atoms with Crippen molar-refractivity contribution in [3.05, 3.63) is 35.4 Å². The number of hydrogen-bond acceptors (Lipinski definition) is 2. The van der Waals surface area contributed by atoms with Crippen LogP contribution >= 0.6 is 11.6 Å². The second-order valence-electron chi connectivity index (χ2n) is 5.56. The van der Waals surface area contributed by atoms with E-state index in [9.17, 15) is 9.59 Å². The molecule has 1 saturated heterocycles. The van der Waals surface area contributed by atoms with E-state index >= 15 is 0 Å². The first-order chi connectivity index (χ1) is 9.97. The van der Waals surface area contributed by atoms with Crippen molar-refractivity contribution in [3.63, 3.8) is 0 Å². The third kappa shape index (κ3) is 4.21. The van der Waals surface area contributed by atoms with E-state index in [1.165, 1.54) is 0 Å². The molecule has 1 atom stereocenters. The molecule has 0 spiro atoms. The normalized spacial score (nSPS) is 17.4. The topological polar surface area (TPSA) is 49.4 Å². The minimum absolute atomic E-state index is 0.0277. The average molecular weight is 309 g/mol. The molecule has 21 heavy (non-hydrogen) atoms. The van der Waals surface area contributed by atoms with Gasteiger partial charge in [0.15, 0.2) is 0 Å². The molecule has 1 fully saturated rings. The van der Waals surface area contributed by atoms with Gasteiger partial charge in [0.25, 0.3) is 5.91 Å². The maximum Gasteiger partial charge on any atom is 0.251 e. The van der Waals surface area contributed by atoms with Gasteiger partial charge in [-0.25, -0.2) is 0 Å². The fourth-order valence-electron chi connectivity index (χ4n) is 2.55. The molecule has 5 heteroatoms. The lowest BCUT2D eigenvalue weighted by Crippen LogP contribution is -2.48. The molecule has 0 radical (unpaired) electrons. The van der Waals surface area contributed by atoms with Crippen LogP contribution in [0.25, 0.3) is 0 Å². The number of nitrogens with zero attached hydrogens (tertiary/aromatic N) is 1. The van der Waals surface area contributed by atoms with Crippen LogP contribution in [0.4, 0.5) is 0 Å². The van der Waals surface area contributed by atoms with Crippen molar-refractivity contribution in [2.45, 2.75) is 38.1 Å². The van der Waals surface area contributed by atoms with Crippen LogP contribution in [-0.4, -0.2) is 41.2 Å². The zero-order chi connectivity index (χ0) is 15.4. The molecule has 1 aromatic rings. The van der Waals surface area contributed by atoms with Gasteiger partial charge in [0.05, 0.1) is 0 Å². The highest BCUT2D eigenvalue weighted by Crippen LogP contribution is 2.14. The molecule has 0 saturated carbocycles. The number of amides is 2. The molecule has 0 bridgehead atoms. The van der Waals surface area contributed by atoms with E-state index < -0.39 is 5.38 Å². The summed E-state index contributed by atoms with van der Waals surface area (Å²) in [6, 6.07) is 7.66. The van der Waals surface area contributed by atoms with Crippen LogP contribution in [0.3, 0.4) is 0 Å². The number of aryl methyl sites for hydroxylation is 1. The number of carbonyl (C=O) groups is 2. The van der Waals surface area contributed by atoms with Crippen LogP contribution in [0.1, 0.15) is 35.7 Å². The quantitative estimate of drug-likeness (QED) is 0.871. The van der Waals surface area contributed by atoms with E-state index in [1.807, 2.05) is 31.2 Å². The van der Waals surface area contributed by atoms with Crippen molar-refractivity contribution in [1.29, 1.82) is 0 Å². The number of rotatable bonds is 3. The lowest BCUT2D eigenvalue weighted by atomic mass is 10.0. The largest absolute Gasteiger partial charge is 0.349 e. The van der Waals surface area contributed by atoms with Gasteiger partial charge < -0.3 is 10.2 Å². The summed E-state index contributed by atoms with van der Waals surface area (Å²) in [7, 11) is 0. The van der Waals surface area contributed by atoms with E-state index in [0.29, 0.717) is 18.7 Å². The number of piperidine rings is 1. The summed E-state index contributed by atoms with van der Waals surface area (Å²) in [4.78, 5) is 25.7. The van der Waals surface area contributed by atoms with Gasteiger partial charge in [0.2, 0.25) is 5.91 Å². The molecule has 1 heterocycles. The Morgan fingerprint density at radius 3 is 2.57 bits per heavy atom. The maximum absolute atomic E-state index is 12.2. The number of nitrogens with one attached hydrogen (secondary N) is 1. The molecular formula is C16H21ClN2O2. The van der Waals surface area contributed by atoms with Gasteiger partial charge in [-0.2, -0.15) is 0 Å². The van der Waals surface area contributed by atoms with E-state index in [0.717, 1.165) is 18.4 Å². The second kappa shape index (κ2) is 6.94. The third-order valence-corrected chi connectivity index (χ3v) is 3.95. The highest BCUT2D eigenvalue weighted by atomic mass is 35.5. The van der Waals surface area contributed by atoms with Gasteiger partial charge in [0.1, 0.15) is 5.38 Å². The molecule has 0 aromatic heterocycles. The maximum atomic E-state index is 12.2. The summed E-state index contributed by atoms with van der Waals surface area (Å²) < 4.78 is 0. The Morgan fingerprint density at radius 2 is 2.00 bits per heavy atom. The van der Waals surface area contributed by atoms with Crippen molar-refractivity contribution < 1.29 is 9.59 Å². The predicted octanol–water partition coefficient (Wildman–Crippen LogP) is 2.34. The minimum Gasteiger partial charge on any atom is -0.349 e. The molecule has 4 nitrogen and oxygen atoms in total. The average Bonchev–Trinajstić information content (AvgIpc) is 2.47. The Bertz CT molecular complexity index is 523. The van der Waals surface area contributed by atoms with Crippen LogP contribution in [0.5, 0.6) is 0 Å². The summed E-state index contributed by atoms with van der Waals surface area (Å²) in [6.45, 7) is 4.95. The monoisotopic (exact) mass is 308 g/mol. The van der Waals surface area contributed by atoms with Crippen molar-refractivity contribution in [3.8, 4) is 0 Å². The second-order valence-corrected chi connectivity index (χ2v) is 6.21. The standard InChI is InChI=1S/C16H21ClN2O2/c1-11-4-3-5-13(10-11)15(20)18-14-6-8-19(9-7-14)16(21)12(2)17/h3-5,10,12,14H,6-9H2,1-2H3,(H,18,20). The summed E-state index contributed by atoms with van der Waals surface area (Å²) in [5, 5.41) is 2.56. The SMILES string of the molecule is Cc1cccc(C(=O)NC2CCN(C(=O)C(C)Cl)CC2)c1. The van der Waals surface area contributed by atoms with Crippen molar-refractivity contribution >= 4 is 23.4 Å². The first-order valence-corrected chi connectivity index (χ1v) is 7.71. The summed E-state index contributed by atoms with van der Waals surface area (Å²) >= 11 is 5.82. The Kier molecular flexibility index (Phi) is 5.23. The minimum atomic E-state index is -0.483. The Morgan fingerprint density at radius 1 is 1.33 bits per heavy atom. The number of benzene rings is 1. The van der Waals surface area contributed by atoms with E-state index in [2.05, 4.69) is 5.32 Å². The van der Waals surface area contributed by atoms with Crippen LogP contribution in [0.2, 0.25) is 0 Å². The van der Waals surface area contributed by atoms with Gasteiger partial charge in [-0.15, -0.1) is 11.6 Å². The predicted molar refractivity (Wildman–Crippen MR) is 83.6 cm³/mol. The Balaban J connectivity index is 1.86. The van der Waals surface area contributed by atoms with Crippen LogP contribution in [0, 0.1) is 6.92 Å². The molecule has 1 aromatic carbocycles. The molecule has 1 N–H and O–H groups in total. The molecular weight excluding hydrogens is 288 g/mol. The number of halogens is 1. The molecule has 1 aliphatic heterocycles. The number of carbonyl (C=O) groups excluding carboxylic acids is 2. The summed E-state index contributed by atoms with van der Waals surface area (Å²) in [5.74, 6) is -0.0747. The molecule has 0 aliphatic carbocycles. The lowest BCUT2D eigenvalue weighted by Gasteiger charge is -2.33. The zero-order valence-corrected chi connectivity index (χ0v) is 13.2. The smallest absolute Gasteiger partial charge is 0.251 e. The van der Waals surface area contributed by atoms with E-state index in [1.54, 1.807) is 11.8 Å². The molecule has 2 amide bonds. The molecule has 1 unspecified atom stereocenters. The summed E-state index contributed by atoms with van der Waals surface area (Å²) in [6.07, 6.45) is 1.54. The highest BCUT2D eigenvalue weighted by molar-refractivity contribution is 6.30. The lowest BCUT2D eigenvalue weighted by molar-refractivity contribution is -0.131. The van der Waals surface area contributed by atoms with Gasteiger partial charge >= 0.3 is 0 Å². The van der Waals surface area contributed by atoms with Gasteiger partial charge in [-0.1, -0.05) is 17.7 Å². The van der Waals surface area contributed by atoms with E-state index in [4.69, 9.17) is 11.6 Å². The summed E-state index contributed by atoms with van der Waals surface area (Å²) in [5.41, 5.74) is 1.75. The fraction of sp³-hybridized carbons (Fsp3) is 0.500. The molecule has 1 aliphatic rings. The number of likely N-dealkylation sites (tertiary alicyclic amines) is 1. The molecule has 2 rings (SSSR count).